The molecule has 5 nitrogen and oxygen atoms in total. The van der Waals surface area contributed by atoms with E-state index in [1.54, 1.807) is 0 Å². The van der Waals surface area contributed by atoms with Crippen molar-refractivity contribution in [3.05, 3.63) is 47.1 Å². The Morgan fingerprint density at radius 2 is 2.00 bits per heavy atom. The first-order chi connectivity index (χ1) is 11.6. The Kier molecular flexibility index (Phi) is 4.76. The van der Waals surface area contributed by atoms with E-state index < -0.39 is 0 Å². The highest BCUT2D eigenvalue weighted by Gasteiger charge is 2.20. The van der Waals surface area contributed by atoms with Crippen LogP contribution >= 0.6 is 11.3 Å². The van der Waals surface area contributed by atoms with Crippen LogP contribution in [0.4, 0.5) is 11.5 Å². The molecule has 2 aromatic heterocycles. The van der Waals surface area contributed by atoms with E-state index in [-0.39, 0.29) is 5.97 Å². The third-order valence-corrected chi connectivity index (χ3v) is 4.68. The fourth-order valence-electron chi connectivity index (χ4n) is 2.33. The molecule has 0 bridgehead atoms. The molecule has 124 valence electrons. The van der Waals surface area contributed by atoms with Crippen molar-refractivity contribution < 1.29 is 9.53 Å². The van der Waals surface area contributed by atoms with Gasteiger partial charge in [0.05, 0.1) is 12.0 Å². The van der Waals surface area contributed by atoms with Gasteiger partial charge in [0, 0.05) is 5.69 Å². The summed E-state index contributed by atoms with van der Waals surface area (Å²) in [7, 11) is 0. The van der Waals surface area contributed by atoms with Crippen LogP contribution in [-0.4, -0.2) is 22.5 Å². The summed E-state index contributed by atoms with van der Waals surface area (Å²) < 4.78 is 5.36. The van der Waals surface area contributed by atoms with Gasteiger partial charge in [0.2, 0.25) is 0 Å². The lowest BCUT2D eigenvalue weighted by molar-refractivity contribution is 0.0464. The summed E-state index contributed by atoms with van der Waals surface area (Å²) in [5.41, 5.74) is 1.79. The normalized spacial score (nSPS) is 11.0. The second kappa shape index (κ2) is 6.97. The number of para-hydroxylation sites is 1. The topological polar surface area (TPSA) is 64.1 Å². The minimum atomic E-state index is -0.296. The first-order valence-corrected chi connectivity index (χ1v) is 8.61. The summed E-state index contributed by atoms with van der Waals surface area (Å²) in [6, 6.07) is 9.80. The molecule has 2 heterocycles. The van der Waals surface area contributed by atoms with Gasteiger partial charge in [-0.15, -0.1) is 11.3 Å². The maximum absolute atomic E-state index is 12.3. The van der Waals surface area contributed by atoms with Crippen molar-refractivity contribution in [2.45, 2.75) is 20.8 Å². The van der Waals surface area contributed by atoms with Crippen molar-refractivity contribution in [1.29, 1.82) is 0 Å². The molecule has 0 spiro atoms. The Morgan fingerprint density at radius 3 is 2.71 bits per heavy atom. The summed E-state index contributed by atoms with van der Waals surface area (Å²) in [6.45, 7) is 6.34. The predicted octanol–water partition coefficient (Wildman–Crippen LogP) is 4.56. The molecular weight excluding hydrogens is 322 g/mol. The Balaban J connectivity index is 1.96. The number of esters is 1. The van der Waals surface area contributed by atoms with E-state index in [1.807, 2.05) is 51.1 Å². The molecular formula is C18H19N3O2S. The van der Waals surface area contributed by atoms with Crippen molar-refractivity contribution in [2.24, 2.45) is 5.92 Å². The van der Waals surface area contributed by atoms with Gasteiger partial charge < -0.3 is 10.1 Å². The van der Waals surface area contributed by atoms with E-state index in [0.29, 0.717) is 23.2 Å². The monoisotopic (exact) mass is 341 g/mol. The van der Waals surface area contributed by atoms with Crippen LogP contribution in [0.2, 0.25) is 0 Å². The molecule has 0 aliphatic carbocycles. The fraction of sp³-hybridized carbons (Fsp3) is 0.278. The van der Waals surface area contributed by atoms with E-state index in [0.717, 1.165) is 21.5 Å². The Hall–Kier alpha value is -2.47. The van der Waals surface area contributed by atoms with Crippen LogP contribution in [0.1, 0.15) is 29.1 Å². The highest BCUT2D eigenvalue weighted by atomic mass is 32.1. The average Bonchev–Trinajstić information content (AvgIpc) is 2.92. The van der Waals surface area contributed by atoms with Gasteiger partial charge in [-0.1, -0.05) is 32.0 Å². The highest BCUT2D eigenvalue weighted by molar-refractivity contribution is 7.20. The minimum absolute atomic E-state index is 0.296. The molecule has 0 unspecified atom stereocenters. The van der Waals surface area contributed by atoms with E-state index in [4.69, 9.17) is 4.74 Å². The standard InChI is InChI=1S/C18H19N3O2S/c1-11(2)9-23-18(22)15-12(3)14-16(19-10-20-17(14)24-15)21-13-7-5-4-6-8-13/h4-8,10-11H,9H2,1-3H3,(H,19,20,21). The number of hydrogen-bond acceptors (Lipinski definition) is 6. The lowest BCUT2D eigenvalue weighted by Gasteiger charge is -2.07. The summed E-state index contributed by atoms with van der Waals surface area (Å²) in [6.07, 6.45) is 1.51. The molecule has 0 amide bonds. The number of carbonyl (C=O) groups excluding carboxylic acids is 1. The second-order valence-electron chi connectivity index (χ2n) is 5.94. The van der Waals surface area contributed by atoms with Crippen LogP contribution in [0.5, 0.6) is 0 Å². The van der Waals surface area contributed by atoms with Crippen LogP contribution in [0, 0.1) is 12.8 Å². The first kappa shape index (κ1) is 16.4. The van der Waals surface area contributed by atoms with E-state index in [9.17, 15) is 4.79 Å². The molecule has 1 aromatic carbocycles. The van der Waals surface area contributed by atoms with Gasteiger partial charge in [0.15, 0.2) is 0 Å². The van der Waals surface area contributed by atoms with E-state index >= 15 is 0 Å². The molecule has 0 fully saturated rings. The number of carbonyl (C=O) groups is 1. The number of nitrogens with one attached hydrogen (secondary N) is 1. The number of ether oxygens (including phenoxy) is 1. The smallest absolute Gasteiger partial charge is 0.348 e. The zero-order valence-corrected chi connectivity index (χ0v) is 14.7. The SMILES string of the molecule is Cc1c(C(=O)OCC(C)C)sc2ncnc(Nc3ccccc3)c12. The summed E-state index contributed by atoms with van der Waals surface area (Å²) in [4.78, 5) is 22.3. The number of aromatic nitrogens is 2. The van der Waals surface area contributed by atoms with Crippen molar-refractivity contribution in [1.82, 2.24) is 9.97 Å². The van der Waals surface area contributed by atoms with Crippen LogP contribution in [-0.2, 0) is 4.74 Å². The van der Waals surface area contributed by atoms with Gasteiger partial charge in [-0.25, -0.2) is 14.8 Å². The van der Waals surface area contributed by atoms with Gasteiger partial charge in [-0.2, -0.15) is 0 Å². The molecule has 0 saturated heterocycles. The summed E-state index contributed by atoms with van der Waals surface area (Å²) in [5, 5.41) is 4.16. The summed E-state index contributed by atoms with van der Waals surface area (Å²) >= 11 is 1.34. The summed E-state index contributed by atoms with van der Waals surface area (Å²) in [5.74, 6) is 0.705. The third kappa shape index (κ3) is 3.38. The predicted molar refractivity (Wildman–Crippen MR) is 97.0 cm³/mol. The lowest BCUT2D eigenvalue weighted by atomic mass is 10.2. The molecule has 1 N–H and O–H groups in total. The van der Waals surface area contributed by atoms with Crippen molar-refractivity contribution in [3.8, 4) is 0 Å². The van der Waals surface area contributed by atoms with Crippen LogP contribution in [0.3, 0.4) is 0 Å². The number of anilines is 2. The number of benzene rings is 1. The van der Waals surface area contributed by atoms with E-state index in [1.165, 1.54) is 17.7 Å². The minimum Gasteiger partial charge on any atom is -0.461 e. The molecule has 0 atom stereocenters. The number of hydrogen-bond donors (Lipinski definition) is 1. The number of fused-ring (bicyclic) bond motifs is 1. The van der Waals surface area contributed by atoms with Crippen LogP contribution in [0.15, 0.2) is 36.7 Å². The maximum atomic E-state index is 12.3. The molecule has 24 heavy (non-hydrogen) atoms. The molecule has 0 aliphatic rings. The van der Waals surface area contributed by atoms with Crippen LogP contribution in [0.25, 0.3) is 10.2 Å². The van der Waals surface area contributed by atoms with Crippen molar-refractivity contribution in [2.75, 3.05) is 11.9 Å². The molecule has 3 rings (SSSR count). The lowest BCUT2D eigenvalue weighted by Crippen LogP contribution is -2.09. The van der Waals surface area contributed by atoms with E-state index in [2.05, 4.69) is 15.3 Å². The Morgan fingerprint density at radius 1 is 1.25 bits per heavy atom. The highest BCUT2D eigenvalue weighted by Crippen LogP contribution is 2.34. The van der Waals surface area contributed by atoms with Gasteiger partial charge in [0.1, 0.15) is 21.9 Å². The molecule has 6 heteroatoms. The van der Waals surface area contributed by atoms with Gasteiger partial charge in [-0.05, 0) is 30.5 Å². The number of thiophene rings is 1. The van der Waals surface area contributed by atoms with Crippen molar-refractivity contribution >= 4 is 39.0 Å². The zero-order chi connectivity index (χ0) is 17.1. The third-order valence-electron chi connectivity index (χ3n) is 3.50. The molecule has 0 saturated carbocycles. The number of nitrogens with zero attached hydrogens (tertiary/aromatic N) is 2. The Bertz CT molecular complexity index is 859. The average molecular weight is 341 g/mol. The van der Waals surface area contributed by atoms with Crippen molar-refractivity contribution in [3.63, 3.8) is 0 Å². The Labute approximate surface area is 144 Å². The quantitative estimate of drug-likeness (QED) is 0.689. The maximum Gasteiger partial charge on any atom is 0.348 e. The first-order valence-electron chi connectivity index (χ1n) is 7.79. The largest absolute Gasteiger partial charge is 0.461 e. The molecule has 0 radical (unpaired) electrons. The van der Waals surface area contributed by atoms with Gasteiger partial charge >= 0.3 is 5.97 Å². The van der Waals surface area contributed by atoms with Crippen LogP contribution < -0.4 is 5.32 Å². The number of rotatable bonds is 5. The molecule has 0 aliphatic heterocycles. The van der Waals surface area contributed by atoms with Gasteiger partial charge in [-0.3, -0.25) is 0 Å². The zero-order valence-electron chi connectivity index (χ0n) is 13.9. The second-order valence-corrected chi connectivity index (χ2v) is 6.94. The molecule has 3 aromatic rings. The number of aryl methyl sites for hydroxylation is 1. The fourth-order valence-corrected chi connectivity index (χ4v) is 3.37. The van der Waals surface area contributed by atoms with Gasteiger partial charge in [0.25, 0.3) is 0 Å².